The zero-order valence-electron chi connectivity index (χ0n) is 10.9. The molecule has 0 saturated heterocycles. The SMILES string of the molecule is COc1ccc(S(=O)(=O)Nc2cc(N)ccc2Cl)cc1F. The second kappa shape index (κ2) is 5.79. The average Bonchev–Trinajstić information content (AvgIpc) is 2.42. The van der Waals surface area contributed by atoms with E-state index in [1.54, 1.807) is 0 Å². The maximum absolute atomic E-state index is 13.6. The van der Waals surface area contributed by atoms with Crippen molar-refractivity contribution in [2.75, 3.05) is 17.6 Å². The van der Waals surface area contributed by atoms with Gasteiger partial charge in [-0.05, 0) is 36.4 Å². The first-order valence-electron chi connectivity index (χ1n) is 5.75. The van der Waals surface area contributed by atoms with E-state index >= 15 is 0 Å². The summed E-state index contributed by atoms with van der Waals surface area (Å²) >= 11 is 5.89. The van der Waals surface area contributed by atoms with E-state index in [-0.39, 0.29) is 21.4 Å². The molecule has 0 spiro atoms. The number of halogens is 2. The number of hydrogen-bond donors (Lipinski definition) is 2. The Labute approximate surface area is 126 Å². The molecule has 0 aromatic heterocycles. The zero-order chi connectivity index (χ0) is 15.6. The minimum Gasteiger partial charge on any atom is -0.494 e. The van der Waals surface area contributed by atoms with Gasteiger partial charge in [-0.3, -0.25) is 4.72 Å². The minimum atomic E-state index is -3.99. The van der Waals surface area contributed by atoms with Gasteiger partial charge in [-0.25, -0.2) is 12.8 Å². The van der Waals surface area contributed by atoms with Crippen LogP contribution in [0.2, 0.25) is 5.02 Å². The summed E-state index contributed by atoms with van der Waals surface area (Å²) in [6.45, 7) is 0. The highest BCUT2D eigenvalue weighted by Gasteiger charge is 2.18. The monoisotopic (exact) mass is 330 g/mol. The number of nitrogens with one attached hydrogen (secondary N) is 1. The van der Waals surface area contributed by atoms with Gasteiger partial charge in [0.25, 0.3) is 10.0 Å². The van der Waals surface area contributed by atoms with Crippen LogP contribution < -0.4 is 15.2 Å². The molecule has 5 nitrogen and oxygen atoms in total. The number of ether oxygens (including phenoxy) is 1. The van der Waals surface area contributed by atoms with Crippen LogP contribution in [0, 0.1) is 5.82 Å². The van der Waals surface area contributed by atoms with E-state index in [9.17, 15) is 12.8 Å². The lowest BCUT2D eigenvalue weighted by molar-refractivity contribution is 0.385. The summed E-state index contributed by atoms with van der Waals surface area (Å²) in [5.74, 6) is -0.824. The van der Waals surface area contributed by atoms with E-state index in [2.05, 4.69) is 4.72 Å². The number of nitrogens with two attached hydrogens (primary N) is 1. The molecule has 0 heterocycles. The van der Waals surface area contributed by atoms with Gasteiger partial charge in [0.1, 0.15) is 0 Å². The first-order chi connectivity index (χ1) is 9.83. The van der Waals surface area contributed by atoms with Crippen molar-refractivity contribution in [1.82, 2.24) is 0 Å². The molecule has 0 fully saturated rings. The van der Waals surface area contributed by atoms with Gasteiger partial charge in [-0.1, -0.05) is 11.6 Å². The topological polar surface area (TPSA) is 81.4 Å². The standard InChI is InChI=1S/C13H12ClFN2O3S/c1-20-13-5-3-9(7-11(13)15)21(18,19)17-12-6-8(16)2-4-10(12)14/h2-7,17H,16H2,1H3. The van der Waals surface area contributed by atoms with Crippen LogP contribution >= 0.6 is 11.6 Å². The van der Waals surface area contributed by atoms with Crippen molar-refractivity contribution in [2.45, 2.75) is 4.90 Å². The molecule has 0 saturated carbocycles. The largest absolute Gasteiger partial charge is 0.494 e. The lowest BCUT2D eigenvalue weighted by atomic mass is 10.3. The van der Waals surface area contributed by atoms with Gasteiger partial charge in [-0.2, -0.15) is 0 Å². The van der Waals surface area contributed by atoms with Crippen molar-refractivity contribution in [3.05, 3.63) is 47.2 Å². The number of benzene rings is 2. The Morgan fingerprint density at radius 1 is 1.24 bits per heavy atom. The van der Waals surface area contributed by atoms with Crippen molar-refractivity contribution in [3.8, 4) is 5.75 Å². The second-order valence-corrected chi connectivity index (χ2v) is 6.23. The van der Waals surface area contributed by atoms with Crippen molar-refractivity contribution >= 4 is 33.0 Å². The molecule has 112 valence electrons. The number of methoxy groups -OCH3 is 1. The van der Waals surface area contributed by atoms with Gasteiger partial charge in [0.15, 0.2) is 11.6 Å². The Hall–Kier alpha value is -1.99. The van der Waals surface area contributed by atoms with E-state index in [1.807, 2.05) is 0 Å². The zero-order valence-corrected chi connectivity index (χ0v) is 12.5. The van der Waals surface area contributed by atoms with E-state index < -0.39 is 15.8 Å². The molecule has 3 N–H and O–H groups in total. The van der Waals surface area contributed by atoms with E-state index in [0.717, 1.165) is 6.07 Å². The molecule has 0 aliphatic rings. The molecule has 0 aliphatic carbocycles. The summed E-state index contributed by atoms with van der Waals surface area (Å²) in [5, 5.41) is 0.182. The van der Waals surface area contributed by atoms with Crippen LogP contribution in [0.4, 0.5) is 15.8 Å². The lowest BCUT2D eigenvalue weighted by Gasteiger charge is -2.11. The molecule has 0 aliphatic heterocycles. The molecular weight excluding hydrogens is 319 g/mol. The predicted molar refractivity (Wildman–Crippen MR) is 79.6 cm³/mol. The second-order valence-electron chi connectivity index (χ2n) is 4.14. The van der Waals surface area contributed by atoms with Crippen molar-refractivity contribution in [3.63, 3.8) is 0 Å². The van der Waals surface area contributed by atoms with Gasteiger partial charge in [0.05, 0.1) is 22.7 Å². The fourth-order valence-corrected chi connectivity index (χ4v) is 2.94. The summed E-state index contributed by atoms with van der Waals surface area (Å²) < 4.78 is 45.0. The number of nitrogen functional groups attached to an aromatic ring is 1. The maximum atomic E-state index is 13.6. The average molecular weight is 331 g/mol. The highest BCUT2D eigenvalue weighted by Crippen LogP contribution is 2.28. The molecule has 0 amide bonds. The summed E-state index contributed by atoms with van der Waals surface area (Å²) in [6.07, 6.45) is 0. The van der Waals surface area contributed by atoms with Gasteiger partial charge in [0.2, 0.25) is 0 Å². The molecule has 8 heteroatoms. The Kier molecular flexibility index (Phi) is 4.24. The lowest BCUT2D eigenvalue weighted by Crippen LogP contribution is -2.13. The van der Waals surface area contributed by atoms with E-state index in [1.165, 1.54) is 37.4 Å². The van der Waals surface area contributed by atoms with E-state index in [4.69, 9.17) is 22.1 Å². The first kappa shape index (κ1) is 15.4. The Bertz CT molecular complexity index is 781. The van der Waals surface area contributed by atoms with Crippen LogP contribution in [-0.4, -0.2) is 15.5 Å². The molecular formula is C13H12ClFN2O3S. The van der Waals surface area contributed by atoms with Crippen LogP contribution in [0.5, 0.6) is 5.75 Å². The summed E-state index contributed by atoms with van der Waals surface area (Å²) in [7, 11) is -2.70. The van der Waals surface area contributed by atoms with Crippen LogP contribution in [0.3, 0.4) is 0 Å². The van der Waals surface area contributed by atoms with E-state index in [0.29, 0.717) is 5.69 Å². The molecule has 0 unspecified atom stereocenters. The molecule has 2 aromatic carbocycles. The van der Waals surface area contributed by atoms with Gasteiger partial charge >= 0.3 is 0 Å². The summed E-state index contributed by atoms with van der Waals surface area (Å²) in [4.78, 5) is -0.251. The first-order valence-corrected chi connectivity index (χ1v) is 7.61. The van der Waals surface area contributed by atoms with Gasteiger partial charge in [-0.15, -0.1) is 0 Å². The fraction of sp³-hybridized carbons (Fsp3) is 0.0769. The summed E-state index contributed by atoms with van der Waals surface area (Å²) in [6, 6.07) is 7.69. The number of rotatable bonds is 4. The van der Waals surface area contributed by atoms with Crippen LogP contribution in [0.1, 0.15) is 0 Å². The van der Waals surface area contributed by atoms with Crippen molar-refractivity contribution < 1.29 is 17.5 Å². The fourth-order valence-electron chi connectivity index (χ4n) is 1.64. The van der Waals surface area contributed by atoms with Gasteiger partial charge in [0, 0.05) is 5.69 Å². The molecule has 0 bridgehead atoms. The Morgan fingerprint density at radius 3 is 2.57 bits per heavy atom. The maximum Gasteiger partial charge on any atom is 0.262 e. The van der Waals surface area contributed by atoms with Crippen LogP contribution in [-0.2, 0) is 10.0 Å². The highest BCUT2D eigenvalue weighted by molar-refractivity contribution is 7.92. The normalized spacial score (nSPS) is 11.2. The number of sulfonamides is 1. The van der Waals surface area contributed by atoms with Crippen LogP contribution in [0.25, 0.3) is 0 Å². The predicted octanol–water partition coefficient (Wildman–Crippen LogP) is 2.87. The molecule has 2 rings (SSSR count). The third kappa shape index (κ3) is 3.37. The smallest absolute Gasteiger partial charge is 0.262 e. The number of hydrogen-bond acceptors (Lipinski definition) is 4. The highest BCUT2D eigenvalue weighted by atomic mass is 35.5. The molecule has 0 radical (unpaired) electrons. The van der Waals surface area contributed by atoms with Crippen LogP contribution in [0.15, 0.2) is 41.3 Å². The third-order valence-electron chi connectivity index (χ3n) is 2.67. The molecule has 2 aromatic rings. The number of anilines is 2. The molecule has 0 atom stereocenters. The Morgan fingerprint density at radius 2 is 1.95 bits per heavy atom. The Balaban J connectivity index is 2.38. The van der Waals surface area contributed by atoms with Crippen molar-refractivity contribution in [1.29, 1.82) is 0 Å². The minimum absolute atomic E-state index is 0.0454. The third-order valence-corrected chi connectivity index (χ3v) is 4.36. The quantitative estimate of drug-likeness (QED) is 0.845. The van der Waals surface area contributed by atoms with Gasteiger partial charge < -0.3 is 10.5 Å². The molecule has 21 heavy (non-hydrogen) atoms. The summed E-state index contributed by atoms with van der Waals surface area (Å²) in [5.41, 5.74) is 6.04. The van der Waals surface area contributed by atoms with Crippen molar-refractivity contribution in [2.24, 2.45) is 0 Å².